The molecule has 0 saturated carbocycles. The Bertz CT molecular complexity index is 544. The molecule has 78 valence electrons. The molecule has 2 nitrogen and oxygen atoms in total. The third-order valence-electron chi connectivity index (χ3n) is 2.73. The summed E-state index contributed by atoms with van der Waals surface area (Å²) in [6.45, 7) is 0. The second-order valence-electron chi connectivity index (χ2n) is 3.84. The molecule has 1 aliphatic rings. The van der Waals surface area contributed by atoms with Crippen molar-refractivity contribution in [2.45, 2.75) is 6.42 Å². The number of carbonyl (C=O) groups excluding carboxylic acids is 1. The molecule has 3 rings (SSSR count). The van der Waals surface area contributed by atoms with Crippen molar-refractivity contribution in [3.05, 3.63) is 54.1 Å². The van der Waals surface area contributed by atoms with Gasteiger partial charge >= 0.3 is 5.97 Å². The summed E-state index contributed by atoms with van der Waals surface area (Å²) in [5.74, 6) is 0.534. The predicted octanol–water partition coefficient (Wildman–Crippen LogP) is 2.82. The van der Waals surface area contributed by atoms with Crippen LogP contribution in [0.3, 0.4) is 0 Å². The summed E-state index contributed by atoms with van der Waals surface area (Å²) in [7, 11) is 0. The second-order valence-corrected chi connectivity index (χ2v) is 3.84. The van der Waals surface area contributed by atoms with Gasteiger partial charge in [-0.2, -0.15) is 0 Å². The van der Waals surface area contributed by atoms with Gasteiger partial charge in [0.05, 0.1) is 6.42 Å². The van der Waals surface area contributed by atoms with Crippen molar-refractivity contribution in [2.24, 2.45) is 0 Å². The lowest BCUT2D eigenvalue weighted by Crippen LogP contribution is -2.00. The molecule has 0 aliphatic carbocycles. The maximum absolute atomic E-state index is 11.1. The Morgan fingerprint density at radius 2 is 1.75 bits per heavy atom. The predicted molar refractivity (Wildman–Crippen MR) is 61.2 cm³/mol. The fraction of sp³-hybridized carbons (Fsp3) is 0.0714. The highest BCUT2D eigenvalue weighted by molar-refractivity contribution is 5.82. The monoisotopic (exact) mass is 210 g/mol. The molecule has 1 aliphatic heterocycles. The lowest BCUT2D eigenvalue weighted by atomic mass is 10.0. The number of hydrogen-bond donors (Lipinski definition) is 0. The fourth-order valence-corrected chi connectivity index (χ4v) is 1.92. The highest BCUT2D eigenvalue weighted by atomic mass is 16.5. The summed E-state index contributed by atoms with van der Waals surface area (Å²) >= 11 is 0. The third kappa shape index (κ3) is 1.48. The van der Waals surface area contributed by atoms with Crippen molar-refractivity contribution in [1.29, 1.82) is 0 Å². The highest BCUT2D eigenvalue weighted by Crippen LogP contribution is 2.31. The molecular weight excluding hydrogens is 200 g/mol. The van der Waals surface area contributed by atoms with Gasteiger partial charge in [0.2, 0.25) is 0 Å². The average Bonchev–Trinajstić information content (AvgIpc) is 2.69. The molecule has 0 bridgehead atoms. The average molecular weight is 210 g/mol. The van der Waals surface area contributed by atoms with Crippen LogP contribution in [-0.4, -0.2) is 5.97 Å². The van der Waals surface area contributed by atoms with Gasteiger partial charge in [-0.3, -0.25) is 4.79 Å². The van der Waals surface area contributed by atoms with Gasteiger partial charge in [-0.1, -0.05) is 42.5 Å². The minimum absolute atomic E-state index is 0.166. The first-order valence-electron chi connectivity index (χ1n) is 5.22. The van der Waals surface area contributed by atoms with E-state index in [1.54, 1.807) is 0 Å². The molecule has 2 aromatic rings. The minimum Gasteiger partial charge on any atom is -0.426 e. The van der Waals surface area contributed by atoms with Crippen molar-refractivity contribution < 1.29 is 9.53 Å². The first kappa shape index (κ1) is 9.16. The van der Waals surface area contributed by atoms with Crippen LogP contribution in [0.2, 0.25) is 0 Å². The van der Waals surface area contributed by atoms with E-state index in [0.29, 0.717) is 12.2 Å². The molecule has 1 heterocycles. The van der Waals surface area contributed by atoms with Gasteiger partial charge in [0.15, 0.2) is 0 Å². The van der Waals surface area contributed by atoms with E-state index in [0.717, 1.165) is 16.7 Å². The number of hydrogen-bond acceptors (Lipinski definition) is 2. The van der Waals surface area contributed by atoms with E-state index in [2.05, 4.69) is 0 Å². The molecule has 0 unspecified atom stereocenters. The quantitative estimate of drug-likeness (QED) is 0.534. The fourth-order valence-electron chi connectivity index (χ4n) is 1.92. The Hall–Kier alpha value is -2.09. The Morgan fingerprint density at radius 3 is 2.56 bits per heavy atom. The van der Waals surface area contributed by atoms with E-state index in [1.165, 1.54) is 0 Å². The standard InChI is InChI=1S/C14H10O2/c15-14-9-12-7-6-11(8-13(12)16-14)10-4-2-1-3-5-10/h1-8H,9H2. The van der Waals surface area contributed by atoms with E-state index in [1.807, 2.05) is 48.5 Å². The zero-order valence-electron chi connectivity index (χ0n) is 8.64. The summed E-state index contributed by atoms with van der Waals surface area (Å²) in [6.07, 6.45) is 0.393. The van der Waals surface area contributed by atoms with Crippen molar-refractivity contribution in [1.82, 2.24) is 0 Å². The molecule has 0 N–H and O–H groups in total. The van der Waals surface area contributed by atoms with E-state index < -0.39 is 0 Å². The smallest absolute Gasteiger partial charge is 0.315 e. The Balaban J connectivity index is 2.06. The Kier molecular flexibility index (Phi) is 2.00. The van der Waals surface area contributed by atoms with Gasteiger partial charge in [-0.05, 0) is 17.2 Å². The van der Waals surface area contributed by atoms with Crippen LogP contribution < -0.4 is 4.74 Å². The van der Waals surface area contributed by atoms with Crippen LogP contribution in [-0.2, 0) is 11.2 Å². The summed E-state index contributed by atoms with van der Waals surface area (Å²) in [5, 5.41) is 0. The highest BCUT2D eigenvalue weighted by Gasteiger charge is 2.20. The third-order valence-corrected chi connectivity index (χ3v) is 2.73. The van der Waals surface area contributed by atoms with E-state index >= 15 is 0 Å². The van der Waals surface area contributed by atoms with Crippen molar-refractivity contribution >= 4 is 5.97 Å². The van der Waals surface area contributed by atoms with Crippen LogP contribution in [0.1, 0.15) is 5.56 Å². The first-order valence-corrected chi connectivity index (χ1v) is 5.22. The van der Waals surface area contributed by atoms with Crippen LogP contribution in [0, 0.1) is 0 Å². The number of ether oxygens (including phenoxy) is 1. The molecular formula is C14H10O2. The molecule has 0 radical (unpaired) electrons. The number of fused-ring (bicyclic) bond motifs is 1. The molecule has 0 aromatic heterocycles. The largest absolute Gasteiger partial charge is 0.426 e. The maximum Gasteiger partial charge on any atom is 0.315 e. The summed E-state index contributed by atoms with van der Waals surface area (Å²) < 4.78 is 5.13. The molecule has 0 amide bonds. The molecule has 0 saturated heterocycles. The molecule has 0 fully saturated rings. The maximum atomic E-state index is 11.1. The van der Waals surface area contributed by atoms with Gasteiger partial charge in [0.1, 0.15) is 5.75 Å². The number of carbonyl (C=O) groups is 1. The second kappa shape index (κ2) is 3.49. The molecule has 0 spiro atoms. The van der Waals surface area contributed by atoms with Gasteiger partial charge in [-0.15, -0.1) is 0 Å². The number of benzene rings is 2. The lowest BCUT2D eigenvalue weighted by molar-refractivity contribution is -0.131. The van der Waals surface area contributed by atoms with Gasteiger partial charge in [-0.25, -0.2) is 0 Å². The van der Waals surface area contributed by atoms with E-state index in [-0.39, 0.29) is 5.97 Å². The Labute approximate surface area is 93.5 Å². The summed E-state index contributed by atoms with van der Waals surface area (Å²) in [4.78, 5) is 11.1. The van der Waals surface area contributed by atoms with Gasteiger partial charge in [0, 0.05) is 5.56 Å². The van der Waals surface area contributed by atoms with Crippen LogP contribution in [0.5, 0.6) is 5.75 Å². The summed E-state index contributed by atoms with van der Waals surface area (Å²) in [6, 6.07) is 16.0. The van der Waals surface area contributed by atoms with Crippen LogP contribution in [0.4, 0.5) is 0 Å². The molecule has 0 atom stereocenters. The topological polar surface area (TPSA) is 26.3 Å². The van der Waals surface area contributed by atoms with E-state index in [4.69, 9.17) is 4.74 Å². The lowest BCUT2D eigenvalue weighted by Gasteiger charge is -2.03. The normalized spacial score (nSPS) is 13.4. The van der Waals surface area contributed by atoms with Gasteiger partial charge < -0.3 is 4.74 Å². The molecule has 16 heavy (non-hydrogen) atoms. The van der Waals surface area contributed by atoms with E-state index in [9.17, 15) is 4.79 Å². The van der Waals surface area contributed by atoms with Gasteiger partial charge in [0.25, 0.3) is 0 Å². The van der Waals surface area contributed by atoms with Crippen LogP contribution >= 0.6 is 0 Å². The summed E-state index contributed by atoms with van der Waals surface area (Å²) in [5.41, 5.74) is 3.19. The molecule has 2 heteroatoms. The minimum atomic E-state index is -0.166. The van der Waals surface area contributed by atoms with Crippen molar-refractivity contribution in [3.8, 4) is 16.9 Å². The zero-order chi connectivity index (χ0) is 11.0. The first-order chi connectivity index (χ1) is 7.83. The number of esters is 1. The van der Waals surface area contributed by atoms with Crippen molar-refractivity contribution in [2.75, 3.05) is 0 Å². The zero-order valence-corrected chi connectivity index (χ0v) is 8.64. The van der Waals surface area contributed by atoms with Crippen molar-refractivity contribution in [3.63, 3.8) is 0 Å². The number of rotatable bonds is 1. The molecule has 2 aromatic carbocycles. The SMILES string of the molecule is O=C1Cc2ccc(-c3ccccc3)cc2O1. The Morgan fingerprint density at radius 1 is 0.938 bits per heavy atom. The van der Waals surface area contributed by atoms with Crippen LogP contribution in [0.15, 0.2) is 48.5 Å². The van der Waals surface area contributed by atoms with Crippen LogP contribution in [0.25, 0.3) is 11.1 Å².